The van der Waals surface area contributed by atoms with Gasteiger partial charge in [0.25, 0.3) is 0 Å². The van der Waals surface area contributed by atoms with Gasteiger partial charge < -0.3 is 4.74 Å². The van der Waals surface area contributed by atoms with Crippen LogP contribution in [0.2, 0.25) is 0 Å². The van der Waals surface area contributed by atoms with Crippen molar-refractivity contribution in [2.24, 2.45) is 5.41 Å². The van der Waals surface area contributed by atoms with Crippen LogP contribution in [0.3, 0.4) is 0 Å². The first kappa shape index (κ1) is 27.4. The lowest BCUT2D eigenvalue weighted by atomic mass is 9.88. The molecule has 4 aromatic carbocycles. The van der Waals surface area contributed by atoms with E-state index >= 15 is 0 Å². The molecule has 3 aromatic heterocycles. The van der Waals surface area contributed by atoms with Crippen molar-refractivity contribution in [1.29, 1.82) is 0 Å². The summed E-state index contributed by atoms with van der Waals surface area (Å²) in [5.74, 6) is 2.32. The Morgan fingerprint density at radius 3 is 2.36 bits per heavy atom. The average molecular weight is 592 g/mol. The summed E-state index contributed by atoms with van der Waals surface area (Å²) >= 11 is 0. The molecule has 3 heterocycles. The minimum Gasteiger partial charge on any atom is -0.457 e. The minimum absolute atomic E-state index is 0.0948. The van der Waals surface area contributed by atoms with Gasteiger partial charge in [0.1, 0.15) is 17.3 Å². The molecule has 0 saturated heterocycles. The van der Waals surface area contributed by atoms with Gasteiger partial charge in [0.2, 0.25) is 0 Å². The van der Waals surface area contributed by atoms with Crippen molar-refractivity contribution in [2.75, 3.05) is 0 Å². The van der Waals surface area contributed by atoms with E-state index in [4.69, 9.17) is 16.2 Å². The highest BCUT2D eigenvalue weighted by Crippen LogP contribution is 2.37. The molecule has 0 atom stereocenters. The fourth-order valence-electron chi connectivity index (χ4n) is 6.43. The zero-order chi connectivity index (χ0) is 32.2. The summed E-state index contributed by atoms with van der Waals surface area (Å²) in [6.45, 7) is 13.0. The Balaban J connectivity index is 1.35. The van der Waals surface area contributed by atoms with E-state index in [-0.39, 0.29) is 5.41 Å². The van der Waals surface area contributed by atoms with Crippen LogP contribution in [0.1, 0.15) is 44.7 Å². The SMILES string of the molecule is [2H]c1ccc2c(c1)c1ccc(Oc3cc(CC(C)(C)C)cc(-n4nc(C)c(-c5ccccc5)c4C)c3)cc1n2-c1cc(C)ccn1. The number of benzene rings is 4. The second-order valence-electron chi connectivity index (χ2n) is 13.1. The third kappa shape index (κ3) is 5.51. The monoisotopic (exact) mass is 591 g/mol. The number of pyridine rings is 1. The highest BCUT2D eigenvalue weighted by atomic mass is 16.5. The van der Waals surface area contributed by atoms with Crippen LogP contribution in [0.4, 0.5) is 0 Å². The molecule has 0 amide bonds. The van der Waals surface area contributed by atoms with Crippen LogP contribution in [0.25, 0.3) is 44.4 Å². The molecule has 7 rings (SSSR count). The summed E-state index contributed by atoms with van der Waals surface area (Å²) in [4.78, 5) is 4.71. The maximum Gasteiger partial charge on any atom is 0.137 e. The van der Waals surface area contributed by atoms with Crippen molar-refractivity contribution >= 4 is 21.8 Å². The van der Waals surface area contributed by atoms with Crippen molar-refractivity contribution in [2.45, 2.75) is 48.0 Å². The highest BCUT2D eigenvalue weighted by molar-refractivity contribution is 6.09. The molecule has 0 aliphatic heterocycles. The normalized spacial score (nSPS) is 12.2. The number of nitrogens with zero attached hydrogens (tertiary/aromatic N) is 4. The van der Waals surface area contributed by atoms with Crippen LogP contribution in [0, 0.1) is 26.2 Å². The predicted molar refractivity (Wildman–Crippen MR) is 185 cm³/mol. The third-order valence-electron chi connectivity index (χ3n) is 8.23. The first-order valence-corrected chi connectivity index (χ1v) is 15.5. The summed E-state index contributed by atoms with van der Waals surface area (Å²) in [6.07, 6.45) is 2.73. The molecule has 45 heavy (non-hydrogen) atoms. The quantitative estimate of drug-likeness (QED) is 0.193. The highest BCUT2D eigenvalue weighted by Gasteiger charge is 2.19. The predicted octanol–water partition coefficient (Wildman–Crippen LogP) is 10.3. The van der Waals surface area contributed by atoms with E-state index in [0.29, 0.717) is 6.04 Å². The van der Waals surface area contributed by atoms with Gasteiger partial charge >= 0.3 is 0 Å². The van der Waals surface area contributed by atoms with Gasteiger partial charge in [-0.1, -0.05) is 69.3 Å². The number of ether oxygens (including phenoxy) is 1. The number of para-hydroxylation sites is 1. The van der Waals surface area contributed by atoms with E-state index in [9.17, 15) is 0 Å². The standard InChI is InChI=1S/C40H38N4O/c1-26-18-19-41-38(20-26)43-36-15-11-10-14-34(36)35-17-16-32(24-37(35)43)45-33-22-29(25-40(4,5)6)21-31(23-33)44-28(3)39(27(2)42-44)30-12-8-7-9-13-30/h7-24H,25H2,1-6H3/i10D. The van der Waals surface area contributed by atoms with Gasteiger partial charge in [-0.2, -0.15) is 5.10 Å². The van der Waals surface area contributed by atoms with E-state index in [0.717, 1.165) is 79.3 Å². The fourth-order valence-corrected chi connectivity index (χ4v) is 6.43. The lowest BCUT2D eigenvalue weighted by molar-refractivity contribution is 0.409. The number of hydrogen-bond acceptors (Lipinski definition) is 3. The molecule has 0 unspecified atom stereocenters. The van der Waals surface area contributed by atoms with E-state index < -0.39 is 0 Å². The van der Waals surface area contributed by atoms with Crippen molar-refractivity contribution in [3.05, 3.63) is 132 Å². The summed E-state index contributed by atoms with van der Waals surface area (Å²) in [6, 6.07) is 33.4. The zero-order valence-electron chi connectivity index (χ0n) is 27.7. The molecule has 0 saturated carbocycles. The fraction of sp³-hybridized carbons (Fsp3) is 0.200. The third-order valence-corrected chi connectivity index (χ3v) is 8.23. The van der Waals surface area contributed by atoms with Crippen molar-refractivity contribution < 1.29 is 6.11 Å². The van der Waals surface area contributed by atoms with E-state index in [1.54, 1.807) is 0 Å². The zero-order valence-corrected chi connectivity index (χ0v) is 26.7. The van der Waals surface area contributed by atoms with E-state index in [1.165, 1.54) is 5.56 Å². The van der Waals surface area contributed by atoms with Crippen molar-refractivity contribution in [1.82, 2.24) is 19.3 Å². The Morgan fingerprint density at radius 2 is 1.58 bits per heavy atom. The molecular weight excluding hydrogens is 552 g/mol. The van der Waals surface area contributed by atoms with Gasteiger partial charge in [-0.15, -0.1) is 0 Å². The van der Waals surface area contributed by atoms with Gasteiger partial charge in [0.15, 0.2) is 0 Å². The van der Waals surface area contributed by atoms with Gasteiger partial charge in [-0.3, -0.25) is 4.57 Å². The molecule has 0 N–H and O–H groups in total. The number of hydrogen-bond donors (Lipinski definition) is 0. The summed E-state index contributed by atoms with van der Waals surface area (Å²) in [7, 11) is 0. The molecule has 5 nitrogen and oxygen atoms in total. The number of aryl methyl sites for hydroxylation is 2. The van der Waals surface area contributed by atoms with E-state index in [2.05, 4.69) is 107 Å². The first-order valence-electron chi connectivity index (χ1n) is 16.0. The Labute approximate surface area is 266 Å². The van der Waals surface area contributed by atoms with Crippen LogP contribution in [-0.4, -0.2) is 19.3 Å². The second kappa shape index (κ2) is 11.1. The molecule has 0 aliphatic rings. The number of aromatic nitrogens is 4. The van der Waals surface area contributed by atoms with Crippen LogP contribution in [0.15, 0.2) is 109 Å². The Kier molecular flexibility index (Phi) is 6.75. The second-order valence-corrected chi connectivity index (χ2v) is 13.1. The lowest BCUT2D eigenvalue weighted by Crippen LogP contribution is -2.10. The summed E-state index contributed by atoms with van der Waals surface area (Å²) in [5, 5.41) is 7.08. The van der Waals surface area contributed by atoms with Crippen LogP contribution in [0.5, 0.6) is 11.5 Å². The molecule has 0 aliphatic carbocycles. The average Bonchev–Trinajstić information content (AvgIpc) is 3.48. The minimum atomic E-state index is 0.0948. The molecule has 5 heteroatoms. The Hall–Kier alpha value is -5.16. The van der Waals surface area contributed by atoms with Crippen LogP contribution >= 0.6 is 0 Å². The topological polar surface area (TPSA) is 44.9 Å². The molecular formula is C40H38N4O. The lowest BCUT2D eigenvalue weighted by Gasteiger charge is -2.20. The molecule has 7 aromatic rings. The smallest absolute Gasteiger partial charge is 0.137 e. The molecule has 0 spiro atoms. The van der Waals surface area contributed by atoms with Gasteiger partial charge in [0.05, 0.1) is 23.8 Å². The largest absolute Gasteiger partial charge is 0.457 e. The van der Waals surface area contributed by atoms with Crippen molar-refractivity contribution in [3.8, 4) is 34.1 Å². The molecule has 0 bridgehead atoms. The van der Waals surface area contributed by atoms with Gasteiger partial charge in [-0.25, -0.2) is 9.67 Å². The van der Waals surface area contributed by atoms with Crippen LogP contribution in [-0.2, 0) is 6.42 Å². The molecule has 224 valence electrons. The van der Waals surface area contributed by atoms with Crippen molar-refractivity contribution in [3.63, 3.8) is 0 Å². The van der Waals surface area contributed by atoms with Gasteiger partial charge in [0, 0.05) is 40.4 Å². The van der Waals surface area contributed by atoms with E-state index in [1.807, 2.05) is 47.3 Å². The summed E-state index contributed by atoms with van der Waals surface area (Å²) < 4.78 is 19.2. The summed E-state index contributed by atoms with van der Waals surface area (Å²) in [5.41, 5.74) is 9.78. The Bertz CT molecular complexity index is 2240. The maximum absolute atomic E-state index is 8.29. The van der Waals surface area contributed by atoms with Crippen LogP contribution < -0.4 is 4.74 Å². The molecule has 0 radical (unpaired) electrons. The first-order chi connectivity index (χ1) is 22.0. The van der Waals surface area contributed by atoms with Gasteiger partial charge in [-0.05, 0) is 91.8 Å². The molecule has 0 fully saturated rings. The maximum atomic E-state index is 8.29. The number of fused-ring (bicyclic) bond motifs is 3. The number of rotatable bonds is 6. The Morgan fingerprint density at radius 1 is 0.778 bits per heavy atom.